The number of benzene rings is 1. The Kier molecular flexibility index (Phi) is 5.51. The van der Waals surface area contributed by atoms with Crippen LogP contribution in [-0.4, -0.2) is 36.6 Å². The molecule has 1 aliphatic rings. The molecule has 0 spiro atoms. The van der Waals surface area contributed by atoms with Gasteiger partial charge >= 0.3 is 0 Å². The third-order valence-electron chi connectivity index (χ3n) is 4.47. The van der Waals surface area contributed by atoms with Crippen molar-refractivity contribution in [2.45, 2.75) is 38.1 Å². The molecule has 1 aliphatic carbocycles. The van der Waals surface area contributed by atoms with E-state index in [1.165, 1.54) is 12.3 Å². The summed E-state index contributed by atoms with van der Waals surface area (Å²) in [6.45, 7) is 3.75. The highest BCUT2D eigenvalue weighted by Gasteiger charge is 2.42. The summed E-state index contributed by atoms with van der Waals surface area (Å²) in [5.74, 6) is 0.956. The molecule has 1 saturated carbocycles. The SMILES string of the molecule is CC(/C=C/S(C)(=O)=O)NC(=O)c1cnc(C2(C)CC2)nc1Oc1ccccc1. The van der Waals surface area contributed by atoms with Crippen LogP contribution in [0.2, 0.25) is 0 Å². The van der Waals surface area contributed by atoms with Crippen LogP contribution >= 0.6 is 0 Å². The molecule has 7 nitrogen and oxygen atoms in total. The zero-order valence-electron chi connectivity index (χ0n) is 16.0. The molecule has 28 heavy (non-hydrogen) atoms. The number of sulfone groups is 1. The summed E-state index contributed by atoms with van der Waals surface area (Å²) in [7, 11) is -3.26. The van der Waals surface area contributed by atoms with E-state index in [9.17, 15) is 13.2 Å². The first kappa shape index (κ1) is 20.0. The molecule has 1 heterocycles. The molecule has 1 aromatic carbocycles. The number of nitrogens with one attached hydrogen (secondary N) is 1. The summed E-state index contributed by atoms with van der Waals surface area (Å²) in [5.41, 5.74) is 0.117. The Labute approximate surface area is 164 Å². The normalized spacial score (nSPS) is 16.5. The van der Waals surface area contributed by atoms with Gasteiger partial charge in [-0.2, -0.15) is 4.98 Å². The number of ether oxygens (including phenoxy) is 1. The van der Waals surface area contributed by atoms with E-state index < -0.39 is 21.8 Å². The first-order chi connectivity index (χ1) is 13.2. The van der Waals surface area contributed by atoms with Crippen LogP contribution in [0.4, 0.5) is 0 Å². The van der Waals surface area contributed by atoms with Crippen LogP contribution in [0.5, 0.6) is 11.6 Å². The zero-order chi connectivity index (χ0) is 20.4. The Morgan fingerprint density at radius 3 is 2.57 bits per heavy atom. The fourth-order valence-electron chi connectivity index (χ4n) is 2.50. The monoisotopic (exact) mass is 401 g/mol. The van der Waals surface area contributed by atoms with Crippen molar-refractivity contribution < 1.29 is 17.9 Å². The molecular formula is C20H23N3O4S. The van der Waals surface area contributed by atoms with Gasteiger partial charge in [0.05, 0.1) is 0 Å². The molecule has 0 bridgehead atoms. The number of carbonyl (C=O) groups is 1. The van der Waals surface area contributed by atoms with Crippen LogP contribution < -0.4 is 10.1 Å². The van der Waals surface area contributed by atoms with Crippen LogP contribution in [-0.2, 0) is 15.3 Å². The van der Waals surface area contributed by atoms with Gasteiger partial charge in [-0.15, -0.1) is 0 Å². The second-order valence-corrected chi connectivity index (χ2v) is 9.24. The summed E-state index contributed by atoms with van der Waals surface area (Å²) in [6, 6.07) is 8.59. The predicted octanol–water partition coefficient (Wildman–Crippen LogP) is 3.00. The molecule has 1 N–H and O–H groups in total. The lowest BCUT2D eigenvalue weighted by atomic mass is 10.1. The molecule has 2 aromatic rings. The van der Waals surface area contributed by atoms with Crippen LogP contribution in [0.15, 0.2) is 48.0 Å². The van der Waals surface area contributed by atoms with E-state index in [0.29, 0.717) is 11.6 Å². The van der Waals surface area contributed by atoms with Gasteiger partial charge in [0.1, 0.15) is 17.1 Å². The fourth-order valence-corrected chi connectivity index (χ4v) is 3.02. The molecule has 8 heteroatoms. The summed E-state index contributed by atoms with van der Waals surface area (Å²) >= 11 is 0. The maximum atomic E-state index is 12.7. The Morgan fingerprint density at radius 2 is 1.96 bits per heavy atom. The lowest BCUT2D eigenvalue weighted by Gasteiger charge is -2.15. The van der Waals surface area contributed by atoms with Gasteiger partial charge in [0, 0.05) is 29.3 Å². The van der Waals surface area contributed by atoms with Crippen molar-refractivity contribution in [2.24, 2.45) is 0 Å². The molecule has 148 valence electrons. The topological polar surface area (TPSA) is 98.2 Å². The summed E-state index contributed by atoms with van der Waals surface area (Å²) in [6.07, 6.45) is 5.96. The molecule has 0 aliphatic heterocycles. The number of nitrogens with zero attached hydrogens (tertiary/aromatic N) is 2. The van der Waals surface area contributed by atoms with E-state index in [0.717, 1.165) is 24.5 Å². The first-order valence-electron chi connectivity index (χ1n) is 8.96. The van der Waals surface area contributed by atoms with Crippen LogP contribution in [0.1, 0.15) is 42.9 Å². The highest BCUT2D eigenvalue weighted by atomic mass is 32.2. The minimum absolute atomic E-state index is 0.0741. The van der Waals surface area contributed by atoms with Gasteiger partial charge in [0.15, 0.2) is 9.84 Å². The van der Waals surface area contributed by atoms with E-state index >= 15 is 0 Å². The van der Waals surface area contributed by atoms with Crippen molar-refractivity contribution >= 4 is 15.7 Å². The molecule has 1 unspecified atom stereocenters. The lowest BCUT2D eigenvalue weighted by Crippen LogP contribution is -2.32. The van der Waals surface area contributed by atoms with Crippen molar-refractivity contribution in [1.29, 1.82) is 0 Å². The van der Waals surface area contributed by atoms with Gasteiger partial charge in [-0.05, 0) is 31.9 Å². The molecule has 1 fully saturated rings. The largest absolute Gasteiger partial charge is 0.438 e. The highest BCUT2D eigenvalue weighted by Crippen LogP contribution is 2.46. The Morgan fingerprint density at radius 1 is 1.29 bits per heavy atom. The van der Waals surface area contributed by atoms with Gasteiger partial charge in [0.2, 0.25) is 5.88 Å². The maximum Gasteiger partial charge on any atom is 0.258 e. The quantitative estimate of drug-likeness (QED) is 0.766. The number of hydrogen-bond donors (Lipinski definition) is 1. The molecule has 3 rings (SSSR count). The molecule has 1 amide bonds. The summed E-state index contributed by atoms with van der Waals surface area (Å²) in [4.78, 5) is 21.6. The highest BCUT2D eigenvalue weighted by molar-refractivity contribution is 7.93. The van der Waals surface area contributed by atoms with E-state index in [1.807, 2.05) is 18.2 Å². The number of para-hydroxylation sites is 1. The molecular weight excluding hydrogens is 378 g/mol. The van der Waals surface area contributed by atoms with Crippen molar-refractivity contribution in [1.82, 2.24) is 15.3 Å². The van der Waals surface area contributed by atoms with E-state index in [1.54, 1.807) is 19.1 Å². The first-order valence-corrected chi connectivity index (χ1v) is 10.9. The predicted molar refractivity (Wildman–Crippen MR) is 106 cm³/mol. The number of aromatic nitrogens is 2. The van der Waals surface area contributed by atoms with E-state index in [-0.39, 0.29) is 16.9 Å². The van der Waals surface area contributed by atoms with E-state index in [4.69, 9.17) is 4.74 Å². The maximum absolute atomic E-state index is 12.7. The third kappa shape index (κ3) is 5.16. The Hall–Kier alpha value is -2.74. The minimum Gasteiger partial charge on any atom is -0.438 e. The number of carbonyl (C=O) groups excluding carboxylic acids is 1. The van der Waals surface area contributed by atoms with Crippen LogP contribution in [0.25, 0.3) is 0 Å². The standard InChI is InChI=1S/C20H23N3O4S/c1-14(9-12-28(3,25)26)22-17(24)16-13-21-19(20(2)10-11-20)23-18(16)27-15-7-5-4-6-8-15/h4-9,12-14H,10-11H2,1-3H3,(H,22,24)/b12-9+. The smallest absolute Gasteiger partial charge is 0.258 e. The average Bonchev–Trinajstić information content (AvgIpc) is 3.39. The van der Waals surface area contributed by atoms with Gasteiger partial charge < -0.3 is 10.1 Å². The number of amides is 1. The fraction of sp³-hybridized carbons (Fsp3) is 0.350. The van der Waals surface area contributed by atoms with Gasteiger partial charge in [-0.25, -0.2) is 13.4 Å². The van der Waals surface area contributed by atoms with Crippen molar-refractivity contribution in [3.05, 3.63) is 59.4 Å². The minimum atomic E-state index is -3.26. The van der Waals surface area contributed by atoms with Gasteiger partial charge in [-0.3, -0.25) is 4.79 Å². The van der Waals surface area contributed by atoms with Gasteiger partial charge in [0.25, 0.3) is 5.91 Å². The van der Waals surface area contributed by atoms with Crippen LogP contribution in [0.3, 0.4) is 0 Å². The third-order valence-corrected chi connectivity index (χ3v) is 5.12. The number of rotatable bonds is 7. The second kappa shape index (κ2) is 7.71. The summed E-state index contributed by atoms with van der Waals surface area (Å²) in [5, 5.41) is 3.78. The molecule has 0 radical (unpaired) electrons. The van der Waals surface area contributed by atoms with Crippen LogP contribution in [0, 0.1) is 0 Å². The second-order valence-electron chi connectivity index (χ2n) is 7.31. The number of hydrogen-bond acceptors (Lipinski definition) is 6. The lowest BCUT2D eigenvalue weighted by molar-refractivity contribution is 0.0943. The Bertz CT molecular complexity index is 999. The molecule has 0 saturated heterocycles. The van der Waals surface area contributed by atoms with E-state index in [2.05, 4.69) is 22.2 Å². The Balaban J connectivity index is 1.86. The molecule has 1 atom stereocenters. The van der Waals surface area contributed by atoms with Crippen molar-refractivity contribution in [3.63, 3.8) is 0 Å². The summed E-state index contributed by atoms with van der Waals surface area (Å²) < 4.78 is 28.4. The average molecular weight is 401 g/mol. The van der Waals surface area contributed by atoms with Crippen molar-refractivity contribution in [2.75, 3.05) is 6.26 Å². The molecule has 1 aromatic heterocycles. The zero-order valence-corrected chi connectivity index (χ0v) is 16.9. The van der Waals surface area contributed by atoms with Crippen molar-refractivity contribution in [3.8, 4) is 11.6 Å². The van der Waals surface area contributed by atoms with Gasteiger partial charge in [-0.1, -0.05) is 31.2 Å².